The van der Waals surface area contributed by atoms with E-state index < -0.39 is 0 Å². The van der Waals surface area contributed by atoms with Crippen molar-refractivity contribution in [3.63, 3.8) is 0 Å². The van der Waals surface area contributed by atoms with E-state index in [4.69, 9.17) is 5.26 Å². The Kier molecular flexibility index (Phi) is 5.90. The number of nitrogens with zero attached hydrogens (tertiary/aromatic N) is 3. The molecule has 0 spiro atoms. The number of amides is 1. The smallest absolute Gasteiger partial charge is 0.236 e. The van der Waals surface area contributed by atoms with Crippen molar-refractivity contribution in [1.29, 1.82) is 5.26 Å². The van der Waals surface area contributed by atoms with E-state index in [1.165, 1.54) is 0 Å². The van der Waals surface area contributed by atoms with Crippen LogP contribution in [0.2, 0.25) is 0 Å². The molecule has 0 saturated carbocycles. The number of rotatable bonds is 5. The van der Waals surface area contributed by atoms with Crippen molar-refractivity contribution >= 4 is 5.91 Å². The summed E-state index contributed by atoms with van der Waals surface area (Å²) in [4.78, 5) is 14.9. The van der Waals surface area contributed by atoms with Crippen molar-refractivity contribution in [2.45, 2.75) is 13.3 Å². The molecule has 0 heterocycles. The first-order valence-corrected chi connectivity index (χ1v) is 4.41. The highest BCUT2D eigenvalue weighted by Crippen LogP contribution is 1.90. The fourth-order valence-corrected chi connectivity index (χ4v) is 0.806. The van der Waals surface area contributed by atoms with Gasteiger partial charge in [0, 0.05) is 13.6 Å². The lowest BCUT2D eigenvalue weighted by molar-refractivity contribution is -0.130. The van der Waals surface area contributed by atoms with Crippen LogP contribution in [0, 0.1) is 11.3 Å². The molecule has 0 aromatic carbocycles. The summed E-state index contributed by atoms with van der Waals surface area (Å²) in [7, 11) is 3.62. The normalized spacial score (nSPS) is 9.77. The maximum absolute atomic E-state index is 11.4. The summed E-state index contributed by atoms with van der Waals surface area (Å²) >= 11 is 0. The standard InChI is InChI=1S/C9H17N3O/c1-4-11(2)8-9(13)12(3)7-5-6-10/h4-5,7-8H2,1-3H3. The Morgan fingerprint density at radius 2 is 2.08 bits per heavy atom. The molecular formula is C9H17N3O. The van der Waals surface area contributed by atoms with Gasteiger partial charge in [-0.3, -0.25) is 9.69 Å². The SMILES string of the molecule is CCN(C)CC(=O)N(C)CCC#N. The Hall–Kier alpha value is -1.08. The van der Waals surface area contributed by atoms with Gasteiger partial charge in [-0.05, 0) is 13.6 Å². The molecule has 0 N–H and O–H groups in total. The number of carbonyl (C=O) groups excluding carboxylic acids is 1. The number of hydrogen-bond acceptors (Lipinski definition) is 3. The van der Waals surface area contributed by atoms with Crippen molar-refractivity contribution in [2.75, 3.05) is 33.7 Å². The average molecular weight is 183 g/mol. The Labute approximate surface area is 79.7 Å². The fraction of sp³-hybridized carbons (Fsp3) is 0.778. The summed E-state index contributed by atoms with van der Waals surface area (Å²) in [5.74, 6) is 0.0691. The van der Waals surface area contributed by atoms with Crippen molar-refractivity contribution in [3.05, 3.63) is 0 Å². The van der Waals surface area contributed by atoms with E-state index in [2.05, 4.69) is 0 Å². The van der Waals surface area contributed by atoms with Crippen LogP contribution in [-0.4, -0.2) is 49.4 Å². The van der Waals surface area contributed by atoms with Crippen LogP contribution in [0.25, 0.3) is 0 Å². The molecular weight excluding hydrogens is 166 g/mol. The van der Waals surface area contributed by atoms with Gasteiger partial charge in [-0.1, -0.05) is 6.92 Å². The van der Waals surface area contributed by atoms with Gasteiger partial charge in [0.2, 0.25) is 5.91 Å². The van der Waals surface area contributed by atoms with Gasteiger partial charge < -0.3 is 4.90 Å². The Morgan fingerprint density at radius 3 is 2.54 bits per heavy atom. The van der Waals surface area contributed by atoms with Crippen LogP contribution in [0.15, 0.2) is 0 Å². The van der Waals surface area contributed by atoms with Crippen molar-refractivity contribution in [1.82, 2.24) is 9.80 Å². The summed E-state index contributed by atoms with van der Waals surface area (Å²) in [6.07, 6.45) is 0.401. The van der Waals surface area contributed by atoms with Crippen LogP contribution in [-0.2, 0) is 4.79 Å². The second kappa shape index (κ2) is 6.44. The summed E-state index contributed by atoms with van der Waals surface area (Å²) in [5.41, 5.74) is 0. The highest BCUT2D eigenvalue weighted by atomic mass is 16.2. The van der Waals surface area contributed by atoms with Crippen molar-refractivity contribution < 1.29 is 4.79 Å². The predicted octanol–water partition coefficient (Wildman–Crippen LogP) is 0.310. The predicted molar refractivity (Wildman–Crippen MR) is 51.0 cm³/mol. The monoisotopic (exact) mass is 183 g/mol. The molecule has 0 aliphatic heterocycles. The molecule has 13 heavy (non-hydrogen) atoms. The topological polar surface area (TPSA) is 47.3 Å². The van der Waals surface area contributed by atoms with Crippen LogP contribution < -0.4 is 0 Å². The molecule has 4 nitrogen and oxygen atoms in total. The fourth-order valence-electron chi connectivity index (χ4n) is 0.806. The van der Waals surface area contributed by atoms with Gasteiger partial charge >= 0.3 is 0 Å². The molecule has 0 saturated heterocycles. The lowest BCUT2D eigenvalue weighted by Crippen LogP contribution is -2.36. The molecule has 0 aromatic rings. The third-order valence-corrected chi connectivity index (χ3v) is 1.93. The summed E-state index contributed by atoms with van der Waals surface area (Å²) < 4.78 is 0. The zero-order chi connectivity index (χ0) is 10.3. The molecule has 4 heteroatoms. The minimum atomic E-state index is 0.0691. The molecule has 0 aromatic heterocycles. The second-order valence-electron chi connectivity index (χ2n) is 3.05. The van der Waals surface area contributed by atoms with Gasteiger partial charge in [-0.15, -0.1) is 0 Å². The van der Waals surface area contributed by atoms with Crippen molar-refractivity contribution in [2.24, 2.45) is 0 Å². The van der Waals surface area contributed by atoms with Gasteiger partial charge in [-0.2, -0.15) is 5.26 Å². The molecule has 0 unspecified atom stereocenters. The van der Waals surface area contributed by atoms with Crippen LogP contribution >= 0.6 is 0 Å². The third-order valence-electron chi connectivity index (χ3n) is 1.93. The second-order valence-corrected chi connectivity index (χ2v) is 3.05. The number of likely N-dealkylation sites (N-methyl/N-ethyl adjacent to an activating group) is 2. The van der Waals surface area contributed by atoms with Gasteiger partial charge in [0.25, 0.3) is 0 Å². The molecule has 0 rings (SSSR count). The molecule has 0 atom stereocenters. The molecule has 0 fully saturated rings. The average Bonchev–Trinajstić information content (AvgIpc) is 2.13. The zero-order valence-electron chi connectivity index (χ0n) is 8.58. The van der Waals surface area contributed by atoms with E-state index in [-0.39, 0.29) is 5.91 Å². The minimum absolute atomic E-state index is 0.0691. The molecule has 1 amide bonds. The third kappa shape index (κ3) is 5.21. The van der Waals surface area contributed by atoms with E-state index in [0.29, 0.717) is 19.5 Å². The van der Waals surface area contributed by atoms with E-state index >= 15 is 0 Å². The van der Waals surface area contributed by atoms with Crippen molar-refractivity contribution in [3.8, 4) is 6.07 Å². The summed E-state index contributed by atoms with van der Waals surface area (Å²) in [5, 5.41) is 8.33. The first-order valence-electron chi connectivity index (χ1n) is 4.41. The van der Waals surface area contributed by atoms with Gasteiger partial charge in [0.15, 0.2) is 0 Å². The van der Waals surface area contributed by atoms with E-state index in [1.807, 2.05) is 24.9 Å². The summed E-state index contributed by atoms with van der Waals surface area (Å²) in [6, 6.07) is 2.01. The first-order chi connectivity index (χ1) is 6.11. The molecule has 0 aliphatic rings. The Bertz CT molecular complexity index is 198. The minimum Gasteiger partial charge on any atom is -0.344 e. The van der Waals surface area contributed by atoms with Gasteiger partial charge in [-0.25, -0.2) is 0 Å². The van der Waals surface area contributed by atoms with Crippen LogP contribution in [0.4, 0.5) is 0 Å². The zero-order valence-corrected chi connectivity index (χ0v) is 8.58. The molecule has 0 aliphatic carbocycles. The lowest BCUT2D eigenvalue weighted by atomic mass is 10.4. The van der Waals surface area contributed by atoms with Crippen LogP contribution in [0.1, 0.15) is 13.3 Å². The number of nitriles is 1. The van der Waals surface area contributed by atoms with Gasteiger partial charge in [0.05, 0.1) is 19.0 Å². The highest BCUT2D eigenvalue weighted by molar-refractivity contribution is 5.77. The quantitative estimate of drug-likeness (QED) is 0.616. The maximum atomic E-state index is 11.4. The lowest BCUT2D eigenvalue weighted by Gasteiger charge is -2.19. The maximum Gasteiger partial charge on any atom is 0.236 e. The summed E-state index contributed by atoms with van der Waals surface area (Å²) in [6.45, 7) is 3.81. The van der Waals surface area contributed by atoms with E-state index in [9.17, 15) is 4.79 Å². The highest BCUT2D eigenvalue weighted by Gasteiger charge is 2.09. The van der Waals surface area contributed by atoms with Crippen LogP contribution in [0.5, 0.6) is 0 Å². The van der Waals surface area contributed by atoms with E-state index in [0.717, 1.165) is 6.54 Å². The number of carbonyl (C=O) groups is 1. The largest absolute Gasteiger partial charge is 0.344 e. The molecule has 74 valence electrons. The van der Waals surface area contributed by atoms with E-state index in [1.54, 1.807) is 11.9 Å². The molecule has 0 bridgehead atoms. The first kappa shape index (κ1) is 11.9. The number of hydrogen-bond donors (Lipinski definition) is 0. The Balaban J connectivity index is 3.76. The van der Waals surface area contributed by atoms with Gasteiger partial charge in [0.1, 0.15) is 0 Å². The van der Waals surface area contributed by atoms with Crippen LogP contribution in [0.3, 0.4) is 0 Å². The molecule has 0 radical (unpaired) electrons. The Morgan fingerprint density at radius 1 is 1.46 bits per heavy atom.